The van der Waals surface area contributed by atoms with Crippen LogP contribution in [0, 0.1) is 11.3 Å². The van der Waals surface area contributed by atoms with Crippen LogP contribution >= 0.6 is 23.2 Å². The van der Waals surface area contributed by atoms with E-state index in [0.717, 1.165) is 35.5 Å². The maximum absolute atomic E-state index is 9.87. The van der Waals surface area contributed by atoms with Crippen molar-refractivity contribution in [2.45, 2.75) is 19.8 Å². The summed E-state index contributed by atoms with van der Waals surface area (Å²) in [4.78, 5) is 2.26. The Balaban J connectivity index is 1.86. The first-order valence-electron chi connectivity index (χ1n) is 9.94. The van der Waals surface area contributed by atoms with Crippen LogP contribution < -0.4 is 15.4 Å². The fourth-order valence-corrected chi connectivity index (χ4v) is 4.21. The van der Waals surface area contributed by atoms with Crippen LogP contribution in [0.4, 0.5) is 5.69 Å². The number of fused-ring (bicyclic) bond motifs is 1. The van der Waals surface area contributed by atoms with Crippen molar-refractivity contribution in [3.63, 3.8) is 0 Å². The number of rotatable bonds is 5. The number of nitrogens with two attached hydrogens (primary N) is 1. The third-order valence-electron chi connectivity index (χ3n) is 5.50. The van der Waals surface area contributed by atoms with Crippen LogP contribution in [0.5, 0.6) is 5.88 Å². The second kappa shape index (κ2) is 8.54. The zero-order chi connectivity index (χ0) is 22.1. The molecule has 3 aromatic rings. The molecule has 2 aromatic carbocycles. The van der Waals surface area contributed by atoms with Gasteiger partial charge in [0.1, 0.15) is 11.6 Å². The number of benzene rings is 2. The summed E-state index contributed by atoms with van der Waals surface area (Å²) in [5.74, 6) is -0.0295. The monoisotopic (exact) mass is 453 g/mol. The molecule has 0 unspecified atom stereocenters. The number of nitrogens with one attached hydrogen (secondary N) is 1. The summed E-state index contributed by atoms with van der Waals surface area (Å²) in [6.45, 7) is 6.07. The number of aromatic nitrogens is 2. The molecule has 1 aliphatic rings. The van der Waals surface area contributed by atoms with E-state index >= 15 is 0 Å². The van der Waals surface area contributed by atoms with E-state index in [1.165, 1.54) is 0 Å². The van der Waals surface area contributed by atoms with E-state index in [-0.39, 0.29) is 5.88 Å². The van der Waals surface area contributed by atoms with E-state index in [1.807, 2.05) is 18.2 Å². The predicted octanol–water partition coefficient (Wildman–Crippen LogP) is 5.45. The van der Waals surface area contributed by atoms with Crippen LogP contribution in [-0.2, 0) is 0 Å². The molecule has 158 valence electrons. The molecule has 4 rings (SSSR count). The number of aromatic amines is 1. The van der Waals surface area contributed by atoms with Gasteiger partial charge in [0, 0.05) is 24.3 Å². The van der Waals surface area contributed by atoms with Crippen molar-refractivity contribution in [1.29, 1.82) is 5.26 Å². The zero-order valence-corrected chi connectivity index (χ0v) is 18.6. The van der Waals surface area contributed by atoms with E-state index in [0.29, 0.717) is 27.2 Å². The average Bonchev–Trinajstić information content (AvgIpc) is 3.19. The molecule has 6 nitrogen and oxygen atoms in total. The number of allylic oxidation sites excluding steroid dienone is 1. The number of halogens is 2. The van der Waals surface area contributed by atoms with Crippen molar-refractivity contribution >= 4 is 28.9 Å². The highest BCUT2D eigenvalue weighted by atomic mass is 35.5. The van der Waals surface area contributed by atoms with Crippen molar-refractivity contribution in [3.05, 3.63) is 75.1 Å². The van der Waals surface area contributed by atoms with Gasteiger partial charge in [-0.1, -0.05) is 41.4 Å². The Labute approximate surface area is 190 Å². The van der Waals surface area contributed by atoms with Crippen molar-refractivity contribution in [3.8, 4) is 23.2 Å². The van der Waals surface area contributed by atoms with Crippen LogP contribution in [-0.4, -0.2) is 23.3 Å². The quantitative estimate of drug-likeness (QED) is 0.535. The predicted molar refractivity (Wildman–Crippen MR) is 123 cm³/mol. The van der Waals surface area contributed by atoms with Gasteiger partial charge < -0.3 is 15.4 Å². The Hall–Kier alpha value is -3.14. The Kier molecular flexibility index (Phi) is 5.81. The molecular formula is C23H21Cl2N5O. The third kappa shape index (κ3) is 3.71. The molecule has 3 N–H and O–H groups in total. The number of anilines is 1. The molecule has 1 atom stereocenters. The van der Waals surface area contributed by atoms with Crippen LogP contribution in [0.2, 0.25) is 10.0 Å². The summed E-state index contributed by atoms with van der Waals surface area (Å²) in [5, 5.41) is 18.1. The molecule has 0 fully saturated rings. The molecule has 8 heteroatoms. The van der Waals surface area contributed by atoms with Gasteiger partial charge in [0.15, 0.2) is 0 Å². The van der Waals surface area contributed by atoms with E-state index in [9.17, 15) is 5.26 Å². The van der Waals surface area contributed by atoms with Gasteiger partial charge in [-0.15, -0.1) is 5.10 Å². The SMILES string of the molecule is CCN(CC)c1ccc([C@H]2C(C#N)=C(N)Oc3n[nH]c(-c4ccc(Cl)c(Cl)c4)c32)cc1. The number of hydrogen-bond acceptors (Lipinski definition) is 5. The fourth-order valence-electron chi connectivity index (χ4n) is 3.92. The molecule has 0 radical (unpaired) electrons. The zero-order valence-electron chi connectivity index (χ0n) is 17.1. The Morgan fingerprint density at radius 2 is 1.84 bits per heavy atom. The second-order valence-corrected chi connectivity index (χ2v) is 7.95. The van der Waals surface area contributed by atoms with Crippen molar-refractivity contribution in [1.82, 2.24) is 10.2 Å². The van der Waals surface area contributed by atoms with Crippen molar-refractivity contribution in [2.75, 3.05) is 18.0 Å². The molecule has 1 aliphatic heterocycles. The summed E-state index contributed by atoms with van der Waals surface area (Å²) in [7, 11) is 0. The van der Waals surface area contributed by atoms with Gasteiger partial charge in [-0.2, -0.15) is 5.26 Å². The fraction of sp³-hybridized carbons (Fsp3) is 0.217. The maximum Gasteiger partial charge on any atom is 0.244 e. The number of ether oxygens (including phenoxy) is 1. The first-order valence-corrected chi connectivity index (χ1v) is 10.7. The van der Waals surface area contributed by atoms with Gasteiger partial charge in [0.2, 0.25) is 11.8 Å². The lowest BCUT2D eigenvalue weighted by Crippen LogP contribution is -2.22. The van der Waals surface area contributed by atoms with Gasteiger partial charge in [-0.25, -0.2) is 0 Å². The number of H-pyrrole nitrogens is 1. The smallest absolute Gasteiger partial charge is 0.244 e. The molecule has 2 heterocycles. The highest BCUT2D eigenvalue weighted by Gasteiger charge is 2.35. The minimum Gasteiger partial charge on any atom is -0.420 e. The van der Waals surface area contributed by atoms with Crippen LogP contribution in [0.15, 0.2) is 53.9 Å². The normalized spacial score (nSPS) is 15.3. The van der Waals surface area contributed by atoms with Crippen molar-refractivity contribution in [2.24, 2.45) is 5.73 Å². The summed E-state index contributed by atoms with van der Waals surface area (Å²) in [5.41, 5.74) is 10.7. The summed E-state index contributed by atoms with van der Waals surface area (Å²) < 4.78 is 5.67. The van der Waals surface area contributed by atoms with Gasteiger partial charge in [0.05, 0.1) is 27.2 Å². The Morgan fingerprint density at radius 1 is 1.13 bits per heavy atom. The summed E-state index contributed by atoms with van der Waals surface area (Å²) in [6, 6.07) is 15.7. The highest BCUT2D eigenvalue weighted by molar-refractivity contribution is 6.42. The second-order valence-electron chi connectivity index (χ2n) is 7.13. The highest BCUT2D eigenvalue weighted by Crippen LogP contribution is 2.46. The Bertz CT molecular complexity index is 1190. The van der Waals surface area contributed by atoms with Gasteiger partial charge in [-0.3, -0.25) is 5.10 Å². The molecule has 0 saturated carbocycles. The van der Waals surface area contributed by atoms with Crippen LogP contribution in [0.25, 0.3) is 11.3 Å². The number of hydrogen-bond donors (Lipinski definition) is 2. The molecule has 0 aliphatic carbocycles. The van der Waals surface area contributed by atoms with Crippen LogP contribution in [0.3, 0.4) is 0 Å². The minimum absolute atomic E-state index is 0.0556. The third-order valence-corrected chi connectivity index (χ3v) is 6.24. The lowest BCUT2D eigenvalue weighted by atomic mass is 9.83. The standard InChI is InChI=1S/C23H21Cl2N5O/c1-3-30(4-2)15-8-5-13(6-9-15)19-16(12-26)22(27)31-23-20(19)21(28-29-23)14-7-10-17(24)18(25)11-14/h5-11,19H,3-4,27H2,1-2H3,(H,28,29)/t19-/m0/s1. The Morgan fingerprint density at radius 3 is 2.45 bits per heavy atom. The number of nitriles is 1. The largest absolute Gasteiger partial charge is 0.420 e. The molecule has 0 saturated heterocycles. The van der Waals surface area contributed by atoms with Gasteiger partial charge in [0.25, 0.3) is 0 Å². The molecule has 0 bridgehead atoms. The molecule has 0 amide bonds. The van der Waals surface area contributed by atoms with Crippen molar-refractivity contribution < 1.29 is 4.74 Å². The molecule has 31 heavy (non-hydrogen) atoms. The van der Waals surface area contributed by atoms with E-state index in [2.05, 4.69) is 47.1 Å². The van der Waals surface area contributed by atoms with Gasteiger partial charge >= 0.3 is 0 Å². The maximum atomic E-state index is 9.87. The van der Waals surface area contributed by atoms with E-state index < -0.39 is 5.92 Å². The summed E-state index contributed by atoms with van der Waals surface area (Å²) in [6.07, 6.45) is 0. The minimum atomic E-state index is -0.428. The average molecular weight is 454 g/mol. The molecular weight excluding hydrogens is 433 g/mol. The lowest BCUT2D eigenvalue weighted by Gasteiger charge is -2.25. The van der Waals surface area contributed by atoms with Gasteiger partial charge in [-0.05, 0) is 43.7 Å². The first-order chi connectivity index (χ1) is 15.0. The number of nitrogens with zero attached hydrogens (tertiary/aromatic N) is 3. The topological polar surface area (TPSA) is 91.0 Å². The molecule has 1 aromatic heterocycles. The van der Waals surface area contributed by atoms with Crippen LogP contribution in [0.1, 0.15) is 30.9 Å². The van der Waals surface area contributed by atoms with E-state index in [1.54, 1.807) is 12.1 Å². The lowest BCUT2D eigenvalue weighted by molar-refractivity contribution is 0.379. The first kappa shape index (κ1) is 21.1. The summed E-state index contributed by atoms with van der Waals surface area (Å²) >= 11 is 12.3. The molecule has 0 spiro atoms. The van der Waals surface area contributed by atoms with E-state index in [4.69, 9.17) is 33.7 Å².